The van der Waals surface area contributed by atoms with Gasteiger partial charge in [-0.2, -0.15) is 0 Å². The van der Waals surface area contributed by atoms with E-state index in [0.29, 0.717) is 10.9 Å². The van der Waals surface area contributed by atoms with E-state index >= 15 is 0 Å². The van der Waals surface area contributed by atoms with Crippen molar-refractivity contribution in [3.05, 3.63) is 79.3 Å². The van der Waals surface area contributed by atoms with Crippen molar-refractivity contribution in [2.75, 3.05) is 5.32 Å². The number of non-ortho nitro benzene ring substituents is 1. The summed E-state index contributed by atoms with van der Waals surface area (Å²) in [4.78, 5) is 10.8. The number of nitrogens with zero attached hydrogens (tertiary/aromatic N) is 1. The van der Waals surface area contributed by atoms with Gasteiger partial charge in [-0.1, -0.05) is 57.9 Å². The van der Waals surface area contributed by atoms with Gasteiger partial charge >= 0.3 is 0 Å². The molecule has 0 bridgehead atoms. The molecule has 0 fully saturated rings. The van der Waals surface area contributed by atoms with Crippen molar-refractivity contribution < 1.29 is 4.92 Å². The van der Waals surface area contributed by atoms with Gasteiger partial charge in [-0.25, -0.2) is 0 Å². The summed E-state index contributed by atoms with van der Waals surface area (Å²) in [6.07, 6.45) is 5.24. The van der Waals surface area contributed by atoms with Crippen LogP contribution in [0, 0.1) is 16.0 Å². The molecule has 122 valence electrons. The number of benzene rings is 2. The molecule has 0 radical (unpaired) electrons. The average Bonchev–Trinajstić information content (AvgIpc) is 3.05. The van der Waals surface area contributed by atoms with Crippen LogP contribution < -0.4 is 5.32 Å². The molecule has 4 rings (SSSR count). The third kappa shape index (κ3) is 2.43. The first-order valence-corrected chi connectivity index (χ1v) is 8.89. The van der Waals surface area contributed by atoms with Gasteiger partial charge in [-0.15, -0.1) is 0 Å². The smallest absolute Gasteiger partial charge is 0.271 e. The molecular weight excluding hydrogens is 392 g/mol. The molecule has 2 aromatic carbocycles. The molecule has 4 nitrogen and oxygen atoms in total. The Morgan fingerprint density at radius 2 is 2.04 bits per heavy atom. The van der Waals surface area contributed by atoms with Crippen LogP contribution >= 0.6 is 27.5 Å². The molecule has 1 aliphatic heterocycles. The number of anilines is 1. The van der Waals surface area contributed by atoms with E-state index in [1.165, 1.54) is 11.6 Å². The zero-order valence-corrected chi connectivity index (χ0v) is 14.9. The van der Waals surface area contributed by atoms with E-state index in [0.717, 1.165) is 22.1 Å². The lowest BCUT2D eigenvalue weighted by Gasteiger charge is -2.38. The highest BCUT2D eigenvalue weighted by Crippen LogP contribution is 2.53. The number of nitro groups is 1. The number of nitro benzene ring substituents is 1. The van der Waals surface area contributed by atoms with Crippen molar-refractivity contribution in [2.45, 2.75) is 18.4 Å². The Kier molecular flexibility index (Phi) is 3.85. The molecule has 2 aliphatic rings. The van der Waals surface area contributed by atoms with Gasteiger partial charge in [-0.05, 0) is 29.5 Å². The summed E-state index contributed by atoms with van der Waals surface area (Å²) >= 11 is 10.0. The first kappa shape index (κ1) is 15.7. The van der Waals surface area contributed by atoms with Gasteiger partial charge in [0.1, 0.15) is 0 Å². The molecule has 1 N–H and O–H groups in total. The van der Waals surface area contributed by atoms with Gasteiger partial charge in [0.05, 0.1) is 21.7 Å². The van der Waals surface area contributed by atoms with E-state index < -0.39 is 0 Å². The van der Waals surface area contributed by atoms with E-state index in [1.54, 1.807) is 6.07 Å². The second-order valence-corrected chi connectivity index (χ2v) is 7.41. The normalized spacial score (nSPS) is 24.2. The SMILES string of the molecule is O=[N+]([O-])c1cc(Cl)c2c(c1)[C@@H]1C=CC[C@@H]1[C@H](c1ccccc1Br)N2. The Labute approximate surface area is 152 Å². The van der Waals surface area contributed by atoms with Crippen molar-refractivity contribution in [1.82, 2.24) is 0 Å². The maximum absolute atomic E-state index is 11.2. The number of hydrogen-bond donors (Lipinski definition) is 1. The monoisotopic (exact) mass is 404 g/mol. The van der Waals surface area contributed by atoms with Gasteiger partial charge in [0, 0.05) is 22.5 Å². The molecule has 0 saturated carbocycles. The molecule has 24 heavy (non-hydrogen) atoms. The molecule has 1 heterocycles. The Hall–Kier alpha value is -1.85. The topological polar surface area (TPSA) is 55.2 Å². The predicted molar refractivity (Wildman–Crippen MR) is 98.6 cm³/mol. The molecule has 0 amide bonds. The number of nitrogens with one attached hydrogen (secondary N) is 1. The first-order chi connectivity index (χ1) is 11.6. The highest BCUT2D eigenvalue weighted by atomic mass is 79.9. The van der Waals surface area contributed by atoms with Gasteiger partial charge in [-0.3, -0.25) is 10.1 Å². The third-order valence-corrected chi connectivity index (χ3v) is 5.88. The van der Waals surface area contributed by atoms with E-state index in [1.807, 2.05) is 18.2 Å². The summed E-state index contributed by atoms with van der Waals surface area (Å²) in [6.45, 7) is 0. The van der Waals surface area contributed by atoms with Gasteiger partial charge < -0.3 is 5.32 Å². The Morgan fingerprint density at radius 1 is 1.25 bits per heavy atom. The Morgan fingerprint density at radius 3 is 2.79 bits per heavy atom. The lowest BCUT2D eigenvalue weighted by atomic mass is 9.77. The van der Waals surface area contributed by atoms with E-state index in [4.69, 9.17) is 11.6 Å². The second kappa shape index (κ2) is 5.90. The van der Waals surface area contributed by atoms with Crippen LogP contribution in [0.4, 0.5) is 11.4 Å². The zero-order chi connectivity index (χ0) is 16.8. The largest absolute Gasteiger partial charge is 0.376 e. The van der Waals surface area contributed by atoms with Crippen LogP contribution in [0.15, 0.2) is 53.0 Å². The van der Waals surface area contributed by atoms with Crippen LogP contribution in [0.5, 0.6) is 0 Å². The lowest BCUT2D eigenvalue weighted by Crippen LogP contribution is -2.29. The summed E-state index contributed by atoms with van der Waals surface area (Å²) < 4.78 is 1.05. The van der Waals surface area contributed by atoms with E-state index in [9.17, 15) is 10.1 Å². The fourth-order valence-corrected chi connectivity index (χ4v) is 4.59. The van der Waals surface area contributed by atoms with Crippen molar-refractivity contribution in [2.24, 2.45) is 5.92 Å². The van der Waals surface area contributed by atoms with E-state index in [-0.39, 0.29) is 22.6 Å². The first-order valence-electron chi connectivity index (χ1n) is 7.71. The summed E-state index contributed by atoms with van der Waals surface area (Å²) in [5.74, 6) is 0.449. The quantitative estimate of drug-likeness (QED) is 0.388. The molecule has 3 atom stereocenters. The van der Waals surface area contributed by atoms with Crippen LogP contribution in [-0.4, -0.2) is 4.92 Å². The predicted octanol–water partition coefficient (Wildman–Crippen LogP) is 5.84. The number of allylic oxidation sites excluding steroid dienone is 2. The van der Waals surface area contributed by atoms with Crippen LogP contribution in [0.3, 0.4) is 0 Å². The molecule has 0 unspecified atom stereocenters. The second-order valence-electron chi connectivity index (χ2n) is 6.15. The van der Waals surface area contributed by atoms with Crippen LogP contribution in [0.1, 0.15) is 29.5 Å². The Balaban J connectivity index is 1.85. The summed E-state index contributed by atoms with van der Waals surface area (Å²) in [7, 11) is 0. The molecule has 1 aliphatic carbocycles. The van der Waals surface area contributed by atoms with Gasteiger partial charge in [0.2, 0.25) is 0 Å². The molecule has 6 heteroatoms. The number of rotatable bonds is 2. The summed E-state index contributed by atoms with van der Waals surface area (Å²) in [5, 5.41) is 15.1. The third-order valence-electron chi connectivity index (χ3n) is 4.86. The molecule has 2 aromatic rings. The standard InChI is InChI=1S/C18H14BrClN2O2/c19-15-7-2-1-4-13(15)17-12-6-3-5-11(12)14-8-10(22(23)24)9-16(20)18(14)21-17/h1-5,7-9,11-12,17,21H,6H2/t11-,12+,17-/m1/s1. The molecule has 0 aromatic heterocycles. The van der Waals surface area contributed by atoms with E-state index in [2.05, 4.69) is 39.5 Å². The Bertz CT molecular complexity index is 868. The molecule has 0 spiro atoms. The fraction of sp³-hybridized carbons (Fsp3) is 0.222. The maximum atomic E-state index is 11.2. The van der Waals surface area contributed by atoms with Crippen molar-refractivity contribution >= 4 is 38.9 Å². The van der Waals surface area contributed by atoms with Gasteiger partial charge in [0.15, 0.2) is 0 Å². The minimum Gasteiger partial charge on any atom is -0.376 e. The zero-order valence-electron chi connectivity index (χ0n) is 12.6. The maximum Gasteiger partial charge on any atom is 0.271 e. The summed E-state index contributed by atoms with van der Waals surface area (Å²) in [5.41, 5.74) is 2.93. The highest BCUT2D eigenvalue weighted by Gasteiger charge is 2.40. The number of halogens is 2. The number of fused-ring (bicyclic) bond motifs is 3. The average molecular weight is 406 g/mol. The molecular formula is C18H14BrClN2O2. The van der Waals surface area contributed by atoms with Crippen molar-refractivity contribution in [1.29, 1.82) is 0 Å². The summed E-state index contributed by atoms with van der Waals surface area (Å²) in [6, 6.07) is 11.3. The van der Waals surface area contributed by atoms with Crippen molar-refractivity contribution in [3.8, 4) is 0 Å². The van der Waals surface area contributed by atoms with Gasteiger partial charge in [0.25, 0.3) is 5.69 Å². The van der Waals surface area contributed by atoms with Crippen molar-refractivity contribution in [3.63, 3.8) is 0 Å². The minimum absolute atomic E-state index is 0.0407. The minimum atomic E-state index is -0.389. The molecule has 0 saturated heterocycles. The van der Waals surface area contributed by atoms with Crippen LogP contribution in [0.25, 0.3) is 0 Å². The number of hydrogen-bond acceptors (Lipinski definition) is 3. The fourth-order valence-electron chi connectivity index (χ4n) is 3.78. The highest BCUT2D eigenvalue weighted by molar-refractivity contribution is 9.10. The van der Waals surface area contributed by atoms with Crippen LogP contribution in [0.2, 0.25) is 5.02 Å². The van der Waals surface area contributed by atoms with Crippen LogP contribution in [-0.2, 0) is 0 Å². The lowest BCUT2D eigenvalue weighted by molar-refractivity contribution is -0.384.